The molecule has 0 amide bonds. The summed E-state index contributed by atoms with van der Waals surface area (Å²) in [4.78, 5) is 0. The average Bonchev–Trinajstić information content (AvgIpc) is 2.24. The smallest absolute Gasteiger partial charge is 0.0618 e. The molecule has 2 heteroatoms. The first-order valence-electron chi connectivity index (χ1n) is 5.55. The second-order valence-corrected chi connectivity index (χ2v) is 4.16. The van der Waals surface area contributed by atoms with Gasteiger partial charge in [-0.25, -0.2) is 0 Å². The average molecular weight is 207 g/mol. The Morgan fingerprint density at radius 2 is 1.93 bits per heavy atom. The van der Waals surface area contributed by atoms with Gasteiger partial charge >= 0.3 is 0 Å². The normalized spacial score (nSPS) is 15.0. The van der Waals surface area contributed by atoms with Crippen molar-refractivity contribution >= 4 is 0 Å². The van der Waals surface area contributed by atoms with Crippen LogP contribution in [0.15, 0.2) is 18.2 Å². The molecule has 0 bridgehead atoms. The highest BCUT2D eigenvalue weighted by molar-refractivity contribution is 5.32. The molecule has 0 aliphatic carbocycles. The number of hydrogen-bond donors (Lipinski definition) is 2. The van der Waals surface area contributed by atoms with Gasteiger partial charge in [-0.15, -0.1) is 0 Å². The summed E-state index contributed by atoms with van der Waals surface area (Å²) in [6.07, 6.45) is 0.409. The van der Waals surface area contributed by atoms with Gasteiger partial charge in [0, 0.05) is 12.5 Å². The van der Waals surface area contributed by atoms with Crippen LogP contribution in [0.1, 0.15) is 36.0 Å². The molecule has 3 N–H and O–H groups in total. The predicted molar refractivity (Wildman–Crippen MR) is 64.0 cm³/mol. The molecule has 0 spiro atoms. The fourth-order valence-electron chi connectivity index (χ4n) is 1.80. The molecule has 1 aromatic carbocycles. The minimum Gasteiger partial charge on any atom is -0.392 e. The van der Waals surface area contributed by atoms with Crippen LogP contribution >= 0.6 is 0 Å². The Hall–Kier alpha value is -0.860. The Labute approximate surface area is 92.1 Å². The highest BCUT2D eigenvalue weighted by Crippen LogP contribution is 2.22. The van der Waals surface area contributed by atoms with E-state index in [2.05, 4.69) is 32.0 Å². The molecule has 0 fully saturated rings. The number of hydrogen-bond acceptors (Lipinski definition) is 2. The summed E-state index contributed by atoms with van der Waals surface area (Å²) in [5, 5.41) is 9.85. The van der Waals surface area contributed by atoms with E-state index in [-0.39, 0.29) is 12.0 Å². The summed E-state index contributed by atoms with van der Waals surface area (Å²) in [6, 6.07) is 6.29. The van der Waals surface area contributed by atoms with Gasteiger partial charge in [0.15, 0.2) is 0 Å². The van der Waals surface area contributed by atoms with Crippen LogP contribution in [0.3, 0.4) is 0 Å². The first-order valence-corrected chi connectivity index (χ1v) is 5.55. The van der Waals surface area contributed by atoms with E-state index in [1.807, 2.05) is 6.92 Å². The van der Waals surface area contributed by atoms with Crippen molar-refractivity contribution in [2.45, 2.75) is 39.2 Å². The van der Waals surface area contributed by atoms with Gasteiger partial charge in [0.1, 0.15) is 0 Å². The lowest BCUT2D eigenvalue weighted by Gasteiger charge is -2.21. The van der Waals surface area contributed by atoms with Gasteiger partial charge < -0.3 is 10.8 Å². The molecule has 0 radical (unpaired) electrons. The van der Waals surface area contributed by atoms with Gasteiger partial charge in [0.2, 0.25) is 0 Å². The van der Waals surface area contributed by atoms with Crippen LogP contribution in [0, 0.1) is 13.8 Å². The van der Waals surface area contributed by atoms with Crippen LogP contribution < -0.4 is 5.73 Å². The van der Waals surface area contributed by atoms with Crippen LogP contribution in [-0.4, -0.2) is 17.8 Å². The van der Waals surface area contributed by atoms with Crippen molar-refractivity contribution in [2.24, 2.45) is 5.73 Å². The summed E-state index contributed by atoms with van der Waals surface area (Å²) in [5.41, 5.74) is 9.39. The molecular formula is C13H21NO. The zero-order valence-corrected chi connectivity index (χ0v) is 9.83. The molecule has 2 nitrogen and oxygen atoms in total. The molecule has 1 aromatic rings. The number of benzene rings is 1. The Morgan fingerprint density at radius 3 is 2.40 bits per heavy atom. The summed E-state index contributed by atoms with van der Waals surface area (Å²) >= 11 is 0. The fraction of sp³-hybridized carbons (Fsp3) is 0.538. The van der Waals surface area contributed by atoms with E-state index in [9.17, 15) is 5.11 Å². The van der Waals surface area contributed by atoms with E-state index in [4.69, 9.17) is 5.73 Å². The lowest BCUT2D eigenvalue weighted by molar-refractivity contribution is 0.141. The van der Waals surface area contributed by atoms with E-state index >= 15 is 0 Å². The summed E-state index contributed by atoms with van der Waals surface area (Å²) in [5.74, 6) is 0.0642. The SMILES string of the molecule is CCC(O)C(CN)c1ccc(C)c(C)c1. The second-order valence-electron chi connectivity index (χ2n) is 4.16. The van der Waals surface area contributed by atoms with Crippen LogP contribution in [0.2, 0.25) is 0 Å². The predicted octanol–water partition coefficient (Wildman–Crippen LogP) is 2.12. The Kier molecular flexibility index (Phi) is 4.30. The zero-order chi connectivity index (χ0) is 11.4. The number of aryl methyl sites for hydroxylation is 2. The second kappa shape index (κ2) is 5.29. The number of nitrogens with two attached hydrogens (primary N) is 1. The quantitative estimate of drug-likeness (QED) is 0.794. The van der Waals surface area contributed by atoms with E-state index < -0.39 is 0 Å². The van der Waals surface area contributed by atoms with Crippen molar-refractivity contribution in [3.05, 3.63) is 34.9 Å². The molecule has 2 unspecified atom stereocenters. The van der Waals surface area contributed by atoms with E-state index in [1.165, 1.54) is 11.1 Å². The van der Waals surface area contributed by atoms with Crippen LogP contribution in [0.25, 0.3) is 0 Å². The van der Waals surface area contributed by atoms with Crippen LogP contribution in [0.4, 0.5) is 0 Å². The van der Waals surface area contributed by atoms with Crippen molar-refractivity contribution in [1.29, 1.82) is 0 Å². The van der Waals surface area contributed by atoms with E-state index in [0.717, 1.165) is 12.0 Å². The monoisotopic (exact) mass is 207 g/mol. The van der Waals surface area contributed by atoms with E-state index in [0.29, 0.717) is 6.54 Å². The summed E-state index contributed by atoms with van der Waals surface area (Å²) < 4.78 is 0. The minimum atomic E-state index is -0.336. The van der Waals surface area contributed by atoms with Crippen molar-refractivity contribution in [1.82, 2.24) is 0 Å². The topological polar surface area (TPSA) is 46.2 Å². The standard InChI is InChI=1S/C13H21NO/c1-4-13(15)12(8-14)11-6-5-9(2)10(3)7-11/h5-7,12-13,15H,4,8,14H2,1-3H3. The zero-order valence-electron chi connectivity index (χ0n) is 9.83. The number of rotatable bonds is 4. The highest BCUT2D eigenvalue weighted by atomic mass is 16.3. The number of aliphatic hydroxyl groups is 1. The lowest BCUT2D eigenvalue weighted by atomic mass is 9.90. The molecule has 0 aliphatic heterocycles. The Balaban J connectivity index is 2.97. The van der Waals surface area contributed by atoms with Gasteiger partial charge in [0.25, 0.3) is 0 Å². The van der Waals surface area contributed by atoms with Crippen molar-refractivity contribution in [2.75, 3.05) is 6.54 Å². The maximum atomic E-state index is 9.85. The maximum absolute atomic E-state index is 9.85. The molecular weight excluding hydrogens is 186 g/mol. The molecule has 84 valence electrons. The third-order valence-electron chi connectivity index (χ3n) is 3.10. The minimum absolute atomic E-state index is 0.0642. The third-order valence-corrected chi connectivity index (χ3v) is 3.10. The van der Waals surface area contributed by atoms with Crippen molar-refractivity contribution < 1.29 is 5.11 Å². The molecule has 0 heterocycles. The molecule has 0 aromatic heterocycles. The molecule has 2 atom stereocenters. The summed E-state index contributed by atoms with van der Waals surface area (Å²) in [7, 11) is 0. The third kappa shape index (κ3) is 2.80. The first-order chi connectivity index (χ1) is 7.10. The first kappa shape index (κ1) is 12.2. The Morgan fingerprint density at radius 1 is 1.27 bits per heavy atom. The van der Waals surface area contributed by atoms with Crippen molar-refractivity contribution in [3.8, 4) is 0 Å². The van der Waals surface area contributed by atoms with Gasteiger partial charge in [0.05, 0.1) is 6.10 Å². The summed E-state index contributed by atoms with van der Waals surface area (Å²) in [6.45, 7) is 6.66. The van der Waals surface area contributed by atoms with Gasteiger partial charge in [-0.1, -0.05) is 25.1 Å². The Bertz CT molecular complexity index is 322. The lowest BCUT2D eigenvalue weighted by Crippen LogP contribution is -2.25. The van der Waals surface area contributed by atoms with E-state index in [1.54, 1.807) is 0 Å². The largest absolute Gasteiger partial charge is 0.392 e. The highest BCUT2D eigenvalue weighted by Gasteiger charge is 2.18. The van der Waals surface area contributed by atoms with Gasteiger partial charge in [-0.2, -0.15) is 0 Å². The van der Waals surface area contributed by atoms with Crippen LogP contribution in [0.5, 0.6) is 0 Å². The van der Waals surface area contributed by atoms with Gasteiger partial charge in [-0.3, -0.25) is 0 Å². The molecule has 1 rings (SSSR count). The number of aliphatic hydroxyl groups excluding tert-OH is 1. The molecule has 15 heavy (non-hydrogen) atoms. The molecule has 0 aliphatic rings. The molecule has 0 saturated carbocycles. The van der Waals surface area contributed by atoms with Crippen molar-refractivity contribution in [3.63, 3.8) is 0 Å². The maximum Gasteiger partial charge on any atom is 0.0618 e. The van der Waals surface area contributed by atoms with Gasteiger partial charge in [-0.05, 0) is 37.0 Å². The van der Waals surface area contributed by atoms with Crippen LogP contribution in [-0.2, 0) is 0 Å². The molecule has 0 saturated heterocycles. The fourth-order valence-corrected chi connectivity index (χ4v) is 1.80.